The van der Waals surface area contributed by atoms with Gasteiger partial charge in [0.2, 0.25) is 0 Å². The maximum atomic E-state index is 12.5. The minimum Gasteiger partial charge on any atom is -0.563 e. The van der Waals surface area contributed by atoms with Crippen LogP contribution in [-0.4, -0.2) is 97.5 Å². The lowest BCUT2D eigenvalue weighted by molar-refractivity contribution is -1.23. The van der Waals surface area contributed by atoms with Gasteiger partial charge in [-0.1, -0.05) is 9.95 Å². The van der Waals surface area contributed by atoms with E-state index in [0.717, 1.165) is 0 Å². The number of amides is 2. The van der Waals surface area contributed by atoms with Gasteiger partial charge in [0, 0.05) is 38.1 Å². The van der Waals surface area contributed by atoms with E-state index in [1.807, 2.05) is 0 Å². The van der Waals surface area contributed by atoms with Crippen LogP contribution < -0.4 is 10.6 Å². The van der Waals surface area contributed by atoms with Crippen molar-refractivity contribution in [2.24, 2.45) is 0 Å². The first kappa shape index (κ1) is 29.5. The summed E-state index contributed by atoms with van der Waals surface area (Å²) in [5.74, 6) is -2.70. The molecule has 2 amide bonds. The van der Waals surface area contributed by atoms with Gasteiger partial charge >= 0.3 is 0 Å². The average molecular weight is 524 g/mol. The van der Waals surface area contributed by atoms with Gasteiger partial charge in [-0.25, -0.2) is 0 Å². The molecule has 0 bridgehead atoms. The van der Waals surface area contributed by atoms with E-state index in [2.05, 4.69) is 10.6 Å². The van der Waals surface area contributed by atoms with Crippen LogP contribution in [0.3, 0.4) is 0 Å². The van der Waals surface area contributed by atoms with Gasteiger partial charge in [0.15, 0.2) is 11.4 Å². The molecule has 20 heteroatoms. The Morgan fingerprint density at radius 2 is 1.00 bits per heavy atom. The number of nitrogens with zero attached hydrogens (tertiary/aromatic N) is 4. The van der Waals surface area contributed by atoms with Crippen LogP contribution in [0.15, 0.2) is 47.9 Å². The van der Waals surface area contributed by atoms with E-state index < -0.39 is 80.1 Å². The summed E-state index contributed by atoms with van der Waals surface area (Å²) in [7, 11) is 0. The predicted octanol–water partition coefficient (Wildman–Crippen LogP) is -1.24. The lowest BCUT2D eigenvalue weighted by atomic mass is 9.89. The van der Waals surface area contributed by atoms with Crippen molar-refractivity contribution < 1.29 is 71.1 Å². The first-order valence-electron chi connectivity index (χ1n) is 9.76. The van der Waals surface area contributed by atoms with Crippen molar-refractivity contribution in [1.82, 2.24) is 10.6 Å². The van der Waals surface area contributed by atoms with E-state index in [0.29, 0.717) is 36.5 Å². The summed E-state index contributed by atoms with van der Waals surface area (Å²) in [6.45, 7) is -1.08. The number of allylic oxidation sites excluding steroid dienone is 2. The maximum Gasteiger partial charge on any atom is 0.292 e. The van der Waals surface area contributed by atoms with Crippen LogP contribution in [-0.2, 0) is 9.59 Å². The van der Waals surface area contributed by atoms with Crippen molar-refractivity contribution >= 4 is 11.8 Å². The number of hydroxylamine groups is 12. The minimum atomic E-state index is -3.20. The second-order valence-electron chi connectivity index (χ2n) is 7.87. The van der Waals surface area contributed by atoms with Crippen LogP contribution in [0.4, 0.5) is 0 Å². The zero-order chi connectivity index (χ0) is 27.8. The first-order valence-corrected chi connectivity index (χ1v) is 9.76. The monoisotopic (exact) mass is 524 g/mol. The van der Waals surface area contributed by atoms with Gasteiger partial charge in [-0.05, 0) is 34.2 Å². The summed E-state index contributed by atoms with van der Waals surface area (Å²) in [6, 6.07) is 0. The Bertz CT molecular complexity index is 919. The molecular weight excluding hydrogens is 500 g/mol. The third-order valence-corrected chi connectivity index (χ3v) is 5.50. The molecule has 10 N–H and O–H groups in total. The molecule has 36 heavy (non-hydrogen) atoms. The Kier molecular flexibility index (Phi) is 7.88. The van der Waals surface area contributed by atoms with Crippen LogP contribution in [0, 0.1) is 20.8 Å². The smallest absolute Gasteiger partial charge is 0.292 e. The van der Waals surface area contributed by atoms with Gasteiger partial charge in [0.05, 0.1) is 0 Å². The molecule has 20 nitrogen and oxygen atoms in total. The lowest BCUT2D eigenvalue weighted by Crippen LogP contribution is -2.65. The molecule has 202 valence electrons. The highest BCUT2D eigenvalue weighted by Gasteiger charge is 2.54. The lowest BCUT2D eigenvalue weighted by Gasteiger charge is -2.42. The Morgan fingerprint density at radius 1 is 0.694 bits per heavy atom. The van der Waals surface area contributed by atoms with Gasteiger partial charge in [-0.3, -0.25) is 9.59 Å². The fourth-order valence-corrected chi connectivity index (χ4v) is 3.36. The molecule has 0 fully saturated rings. The molecule has 0 aromatic carbocycles. The molecule has 0 aliphatic heterocycles. The molecule has 0 spiro atoms. The zero-order valence-corrected chi connectivity index (χ0v) is 18.1. The molecule has 0 saturated heterocycles. The molecule has 2 aliphatic carbocycles. The third-order valence-electron chi connectivity index (χ3n) is 5.50. The van der Waals surface area contributed by atoms with Crippen LogP contribution in [0.2, 0.25) is 0 Å². The second kappa shape index (κ2) is 9.61. The number of carbonyl (C=O) groups is 2. The SMILES string of the molecule is O=C(NCCNC(=O)C1([N+]([O-])(O)O)C=CC([N+]([O-])(O)O)=CC1)C1([N+]([O-])(O)O)C=CC([N+]([O-])(O)O)=CC1. The first-order chi connectivity index (χ1) is 16.2. The van der Waals surface area contributed by atoms with E-state index in [-0.39, 0.29) is 0 Å². The van der Waals surface area contributed by atoms with E-state index in [9.17, 15) is 51.2 Å². The molecule has 0 heterocycles. The molecular formula is C16H24N6O14. The molecule has 2 rings (SSSR count). The van der Waals surface area contributed by atoms with Crippen LogP contribution >= 0.6 is 0 Å². The quantitative estimate of drug-likeness (QED) is 0.0957. The van der Waals surface area contributed by atoms with Crippen molar-refractivity contribution in [3.8, 4) is 0 Å². The number of carbonyl (C=O) groups excluding carboxylic acids is 2. The highest BCUT2D eigenvalue weighted by atomic mass is 17.1. The van der Waals surface area contributed by atoms with E-state index in [4.69, 9.17) is 20.8 Å². The van der Waals surface area contributed by atoms with Gasteiger partial charge in [-0.2, -0.15) is 41.7 Å². The molecule has 2 unspecified atom stereocenters. The molecule has 0 saturated carbocycles. The number of quaternary nitrogens is 4. The van der Waals surface area contributed by atoms with Crippen LogP contribution in [0.5, 0.6) is 0 Å². The van der Waals surface area contributed by atoms with Gasteiger partial charge < -0.3 is 31.5 Å². The summed E-state index contributed by atoms with van der Waals surface area (Å²) in [6.07, 6.45) is 1.91. The number of hydrogen-bond acceptors (Lipinski definition) is 14. The van der Waals surface area contributed by atoms with Crippen LogP contribution in [0.25, 0.3) is 0 Å². The second-order valence-corrected chi connectivity index (χ2v) is 7.87. The fraction of sp³-hybridized carbons (Fsp3) is 0.375. The van der Waals surface area contributed by atoms with Crippen molar-refractivity contribution in [2.75, 3.05) is 13.1 Å². The minimum absolute atomic E-state index is 0.539. The Morgan fingerprint density at radius 3 is 1.19 bits per heavy atom. The number of hydrogen-bond donors (Lipinski definition) is 10. The van der Waals surface area contributed by atoms with Crippen molar-refractivity contribution in [3.63, 3.8) is 0 Å². The highest BCUT2D eigenvalue weighted by molar-refractivity contribution is 5.89. The fourth-order valence-electron chi connectivity index (χ4n) is 3.36. The van der Waals surface area contributed by atoms with Gasteiger partial charge in [0.1, 0.15) is 0 Å². The Balaban J connectivity index is 2.07. The van der Waals surface area contributed by atoms with Crippen LogP contribution in [0.1, 0.15) is 12.8 Å². The molecule has 2 aliphatic rings. The summed E-state index contributed by atoms with van der Waals surface area (Å²) in [5.41, 5.74) is -6.90. The summed E-state index contributed by atoms with van der Waals surface area (Å²) in [4.78, 5) is 12.9. The van der Waals surface area contributed by atoms with Crippen molar-refractivity contribution in [3.05, 3.63) is 68.7 Å². The van der Waals surface area contributed by atoms with Gasteiger partial charge in [0.25, 0.3) is 22.9 Å². The molecule has 0 aromatic heterocycles. The van der Waals surface area contributed by atoms with E-state index >= 15 is 0 Å². The van der Waals surface area contributed by atoms with Gasteiger partial charge in [-0.15, -0.1) is 0 Å². The zero-order valence-electron chi connectivity index (χ0n) is 18.1. The molecule has 0 aromatic rings. The van der Waals surface area contributed by atoms with Crippen molar-refractivity contribution in [2.45, 2.75) is 23.9 Å². The Hall–Kier alpha value is -2.74. The molecule has 2 atom stereocenters. The topological polar surface area (TPSA) is 312 Å². The standard InChI is InChI=1S/C16H24N6O14/c23-13(15(21(31,32)33)5-1-11(2-6-15)19(25,26)27)17-9-10-18-14(24)16(22(34,35)36)7-3-12(4-8-16)20(28,29)30/h1-5,7,25-26,28-29,31-32,34-35H,6,8-10H2,(H,17,23)(H,18,24). The summed E-state index contributed by atoms with van der Waals surface area (Å²) >= 11 is 0. The third kappa shape index (κ3) is 5.80. The average Bonchev–Trinajstić information content (AvgIpc) is 2.73. The number of rotatable bonds is 9. The normalized spacial score (nSPS) is 25.2. The predicted molar refractivity (Wildman–Crippen MR) is 104 cm³/mol. The van der Waals surface area contributed by atoms with E-state index in [1.54, 1.807) is 0 Å². The summed E-state index contributed by atoms with van der Waals surface area (Å²) < 4.78 is 0. The number of nitrogens with one attached hydrogen (secondary N) is 2. The summed E-state index contributed by atoms with van der Waals surface area (Å²) in [5, 5.41) is 124. The highest BCUT2D eigenvalue weighted by Crippen LogP contribution is 2.33. The largest absolute Gasteiger partial charge is 0.563 e. The van der Waals surface area contributed by atoms with E-state index in [1.165, 1.54) is 0 Å². The molecule has 0 radical (unpaired) electrons. The van der Waals surface area contributed by atoms with Crippen molar-refractivity contribution in [1.29, 1.82) is 0 Å². The maximum absolute atomic E-state index is 12.5. The Labute approximate surface area is 200 Å².